The van der Waals surface area contributed by atoms with E-state index in [4.69, 9.17) is 11.6 Å². The molecule has 3 rings (SSSR count). The quantitative estimate of drug-likeness (QED) is 0.746. The number of rotatable bonds is 5. The Labute approximate surface area is 166 Å². The van der Waals surface area contributed by atoms with E-state index in [0.29, 0.717) is 25.6 Å². The number of piperidine rings is 1. The molecule has 0 aromatic heterocycles. The molecule has 1 aliphatic carbocycles. The third-order valence-electron chi connectivity index (χ3n) is 5.42. The topological polar surface area (TPSA) is 66.5 Å². The Kier molecular flexibility index (Phi) is 6.61. The van der Waals surface area contributed by atoms with Crippen LogP contribution < -0.4 is 5.32 Å². The molecule has 1 amide bonds. The Morgan fingerprint density at radius 2 is 2.00 bits per heavy atom. The van der Waals surface area contributed by atoms with E-state index < -0.39 is 10.0 Å². The number of nitrogens with zero attached hydrogens (tertiary/aromatic N) is 1. The molecule has 1 aliphatic heterocycles. The zero-order valence-electron chi connectivity index (χ0n) is 15.7. The lowest BCUT2D eigenvalue weighted by Gasteiger charge is -2.29. The van der Waals surface area contributed by atoms with Gasteiger partial charge in [-0.05, 0) is 62.6 Å². The molecule has 1 saturated heterocycles. The molecule has 0 atom stereocenters. The second kappa shape index (κ2) is 8.76. The van der Waals surface area contributed by atoms with Gasteiger partial charge in [0, 0.05) is 19.6 Å². The molecule has 0 saturated carbocycles. The van der Waals surface area contributed by atoms with Crippen LogP contribution in [0, 0.1) is 5.92 Å². The van der Waals surface area contributed by atoms with Gasteiger partial charge in [-0.2, -0.15) is 4.31 Å². The first-order chi connectivity index (χ1) is 12.9. The van der Waals surface area contributed by atoms with Crippen LogP contribution in [0.1, 0.15) is 55.8 Å². The number of hydrogen-bond donors (Lipinski definition) is 1. The summed E-state index contributed by atoms with van der Waals surface area (Å²) < 4.78 is 27.4. The number of amides is 1. The van der Waals surface area contributed by atoms with Gasteiger partial charge < -0.3 is 5.32 Å². The number of carbonyl (C=O) groups excluding carboxylic acids is 1. The van der Waals surface area contributed by atoms with Crippen molar-refractivity contribution in [3.63, 3.8) is 0 Å². The van der Waals surface area contributed by atoms with Gasteiger partial charge in [0.15, 0.2) is 0 Å². The standard InChI is InChI=1S/C20H27ClN2O3S/c1-15-9-11-23(12-10-15)27(25,26)17-7-8-19(21)18(13-17)20(24)22-14-16-5-3-2-4-6-16/h5,7-8,13,15H,2-4,6,9-12,14H2,1H3,(H,22,24). The molecular weight excluding hydrogens is 384 g/mol. The molecule has 0 unspecified atom stereocenters. The van der Waals surface area contributed by atoms with E-state index >= 15 is 0 Å². The second-order valence-corrected chi connectivity index (χ2v) is 9.86. The number of hydrogen-bond acceptors (Lipinski definition) is 3. The van der Waals surface area contributed by atoms with Crippen LogP contribution in [0.2, 0.25) is 5.02 Å². The fourth-order valence-corrected chi connectivity index (χ4v) is 5.27. The summed E-state index contributed by atoms with van der Waals surface area (Å²) >= 11 is 6.18. The first-order valence-electron chi connectivity index (χ1n) is 9.64. The van der Waals surface area contributed by atoms with Crippen molar-refractivity contribution in [3.05, 3.63) is 40.4 Å². The fraction of sp³-hybridized carbons (Fsp3) is 0.550. The van der Waals surface area contributed by atoms with Gasteiger partial charge in [-0.15, -0.1) is 0 Å². The van der Waals surface area contributed by atoms with Crippen molar-refractivity contribution in [3.8, 4) is 0 Å². The van der Waals surface area contributed by atoms with E-state index in [2.05, 4.69) is 18.3 Å². The maximum absolute atomic E-state index is 12.9. The van der Waals surface area contributed by atoms with Crippen molar-refractivity contribution in [2.45, 2.75) is 50.3 Å². The van der Waals surface area contributed by atoms with E-state index in [-0.39, 0.29) is 21.4 Å². The summed E-state index contributed by atoms with van der Waals surface area (Å²) in [5.74, 6) is 0.202. The third kappa shape index (κ3) is 4.92. The largest absolute Gasteiger partial charge is 0.348 e. The van der Waals surface area contributed by atoms with Crippen LogP contribution >= 0.6 is 11.6 Å². The van der Waals surface area contributed by atoms with Crippen LogP contribution in [0.15, 0.2) is 34.7 Å². The molecule has 0 spiro atoms. The number of allylic oxidation sites excluding steroid dienone is 1. The summed E-state index contributed by atoms with van der Waals surface area (Å²) in [5, 5.41) is 3.13. The number of halogens is 1. The maximum Gasteiger partial charge on any atom is 0.253 e. The van der Waals surface area contributed by atoms with Crippen molar-refractivity contribution in [2.75, 3.05) is 19.6 Å². The number of carbonyl (C=O) groups is 1. The first kappa shape index (κ1) is 20.4. The van der Waals surface area contributed by atoms with Gasteiger partial charge in [0.2, 0.25) is 10.0 Å². The Hall–Kier alpha value is -1.37. The Balaban J connectivity index is 1.75. The van der Waals surface area contributed by atoms with E-state index in [1.165, 1.54) is 34.5 Å². The molecule has 7 heteroatoms. The SMILES string of the molecule is CC1CCN(S(=O)(=O)c2ccc(Cl)c(C(=O)NCC3=CCCCC3)c2)CC1. The monoisotopic (exact) mass is 410 g/mol. The number of sulfonamides is 1. The maximum atomic E-state index is 12.9. The van der Waals surface area contributed by atoms with Crippen molar-refractivity contribution in [1.82, 2.24) is 9.62 Å². The molecule has 1 fully saturated rings. The van der Waals surface area contributed by atoms with Gasteiger partial charge in [0.05, 0.1) is 15.5 Å². The zero-order chi connectivity index (χ0) is 19.4. The van der Waals surface area contributed by atoms with Gasteiger partial charge in [-0.25, -0.2) is 8.42 Å². The number of nitrogens with one attached hydrogen (secondary N) is 1. The van der Waals surface area contributed by atoms with Crippen LogP contribution in [0.25, 0.3) is 0 Å². The summed E-state index contributed by atoms with van der Waals surface area (Å²) in [4.78, 5) is 12.7. The first-order valence-corrected chi connectivity index (χ1v) is 11.5. The predicted molar refractivity (Wildman–Crippen MR) is 107 cm³/mol. The highest BCUT2D eigenvalue weighted by Crippen LogP contribution is 2.26. The molecule has 0 radical (unpaired) electrons. The fourth-order valence-electron chi connectivity index (χ4n) is 3.57. The zero-order valence-corrected chi connectivity index (χ0v) is 17.3. The van der Waals surface area contributed by atoms with Crippen molar-refractivity contribution in [1.29, 1.82) is 0 Å². The van der Waals surface area contributed by atoms with Crippen LogP contribution in [0.4, 0.5) is 0 Å². The van der Waals surface area contributed by atoms with Crippen molar-refractivity contribution in [2.24, 2.45) is 5.92 Å². The summed E-state index contributed by atoms with van der Waals surface area (Å²) in [6, 6.07) is 4.38. The highest BCUT2D eigenvalue weighted by atomic mass is 35.5. The van der Waals surface area contributed by atoms with Gasteiger partial charge in [-0.3, -0.25) is 4.79 Å². The van der Waals surface area contributed by atoms with Gasteiger partial charge >= 0.3 is 0 Å². The van der Waals surface area contributed by atoms with Crippen LogP contribution in [0.5, 0.6) is 0 Å². The third-order valence-corrected chi connectivity index (χ3v) is 7.65. The molecule has 0 bridgehead atoms. The van der Waals surface area contributed by atoms with Crippen molar-refractivity contribution < 1.29 is 13.2 Å². The Morgan fingerprint density at radius 1 is 1.26 bits per heavy atom. The summed E-state index contributed by atoms with van der Waals surface area (Å²) in [6.45, 7) is 3.65. The molecule has 1 heterocycles. The molecule has 148 valence electrons. The lowest BCUT2D eigenvalue weighted by molar-refractivity contribution is 0.0956. The molecule has 27 heavy (non-hydrogen) atoms. The molecule has 1 aromatic carbocycles. The number of benzene rings is 1. The highest BCUT2D eigenvalue weighted by Gasteiger charge is 2.29. The van der Waals surface area contributed by atoms with Crippen LogP contribution in [-0.4, -0.2) is 38.3 Å². The molecule has 2 aliphatic rings. The van der Waals surface area contributed by atoms with Gasteiger partial charge in [0.25, 0.3) is 5.91 Å². The lowest BCUT2D eigenvalue weighted by atomic mass is 9.99. The highest BCUT2D eigenvalue weighted by molar-refractivity contribution is 7.89. The minimum atomic E-state index is -3.61. The smallest absolute Gasteiger partial charge is 0.253 e. The normalized spacial score (nSPS) is 19.6. The summed E-state index contributed by atoms with van der Waals surface area (Å²) in [5.41, 5.74) is 1.43. The Morgan fingerprint density at radius 3 is 2.67 bits per heavy atom. The van der Waals surface area contributed by atoms with Crippen LogP contribution in [0.3, 0.4) is 0 Å². The predicted octanol–water partition coefficient (Wildman–Crippen LogP) is 3.99. The summed E-state index contributed by atoms with van der Waals surface area (Å²) in [7, 11) is -3.61. The second-order valence-electron chi connectivity index (χ2n) is 7.52. The van der Waals surface area contributed by atoms with E-state index in [0.717, 1.165) is 32.1 Å². The van der Waals surface area contributed by atoms with Crippen LogP contribution in [-0.2, 0) is 10.0 Å². The molecular formula is C20H27ClN2O3S. The average molecular weight is 411 g/mol. The van der Waals surface area contributed by atoms with E-state index in [1.807, 2.05) is 0 Å². The minimum Gasteiger partial charge on any atom is -0.348 e. The minimum absolute atomic E-state index is 0.128. The van der Waals surface area contributed by atoms with Gasteiger partial charge in [0.1, 0.15) is 0 Å². The molecule has 1 N–H and O–H groups in total. The summed E-state index contributed by atoms with van der Waals surface area (Å²) in [6.07, 6.45) is 8.27. The van der Waals surface area contributed by atoms with Crippen molar-refractivity contribution >= 4 is 27.5 Å². The lowest BCUT2D eigenvalue weighted by Crippen LogP contribution is -2.38. The average Bonchev–Trinajstić information content (AvgIpc) is 2.67. The Bertz CT molecular complexity index is 828. The van der Waals surface area contributed by atoms with E-state index in [1.54, 1.807) is 0 Å². The molecule has 1 aromatic rings. The molecule has 5 nitrogen and oxygen atoms in total. The van der Waals surface area contributed by atoms with Gasteiger partial charge in [-0.1, -0.05) is 30.2 Å². The van der Waals surface area contributed by atoms with E-state index in [9.17, 15) is 13.2 Å².